The van der Waals surface area contributed by atoms with Crippen LogP contribution in [0, 0.1) is 5.92 Å². The van der Waals surface area contributed by atoms with Gasteiger partial charge >= 0.3 is 0 Å². The average molecular weight is 321 g/mol. The molecule has 0 unspecified atom stereocenters. The molecule has 7 heteroatoms. The van der Waals surface area contributed by atoms with Crippen molar-refractivity contribution in [1.82, 2.24) is 14.9 Å². The number of rotatable bonds is 10. The van der Waals surface area contributed by atoms with Crippen LogP contribution in [0.4, 0.5) is 0 Å². The summed E-state index contributed by atoms with van der Waals surface area (Å²) < 4.78 is 24.6. The standard InChI is InChI=1S/C14H32N4O2S/c1-6-13(7-2)12-17-14(15-4)16-10-9-11-18(5)21(19,20)8-3/h13H,6-12H2,1-5H3,(H2,15,16,17). The average Bonchev–Trinajstić information content (AvgIpc) is 2.49. The molecule has 0 heterocycles. The first-order valence-corrected chi connectivity index (χ1v) is 9.40. The van der Waals surface area contributed by atoms with Crippen molar-refractivity contribution < 1.29 is 8.42 Å². The fourth-order valence-electron chi connectivity index (χ4n) is 1.91. The molecule has 0 aliphatic heterocycles. The molecular weight excluding hydrogens is 288 g/mol. The highest BCUT2D eigenvalue weighted by atomic mass is 32.2. The fraction of sp³-hybridized carbons (Fsp3) is 0.929. The van der Waals surface area contributed by atoms with E-state index in [9.17, 15) is 8.42 Å². The summed E-state index contributed by atoms with van der Waals surface area (Å²) in [6.45, 7) is 8.18. The van der Waals surface area contributed by atoms with Gasteiger partial charge in [-0.25, -0.2) is 12.7 Å². The minimum Gasteiger partial charge on any atom is -0.356 e. The second kappa shape index (κ2) is 10.8. The van der Waals surface area contributed by atoms with Gasteiger partial charge in [0.25, 0.3) is 0 Å². The molecule has 0 amide bonds. The summed E-state index contributed by atoms with van der Waals surface area (Å²) in [5, 5.41) is 6.52. The Labute approximate surface area is 130 Å². The number of guanidine groups is 1. The summed E-state index contributed by atoms with van der Waals surface area (Å²) in [5.41, 5.74) is 0. The van der Waals surface area contributed by atoms with Gasteiger partial charge in [-0.05, 0) is 19.3 Å². The highest BCUT2D eigenvalue weighted by Gasteiger charge is 2.13. The molecule has 0 aromatic carbocycles. The van der Waals surface area contributed by atoms with Gasteiger partial charge < -0.3 is 10.6 Å². The summed E-state index contributed by atoms with van der Waals surface area (Å²) in [5.74, 6) is 1.59. The highest BCUT2D eigenvalue weighted by Crippen LogP contribution is 2.04. The largest absolute Gasteiger partial charge is 0.356 e. The van der Waals surface area contributed by atoms with Gasteiger partial charge in [0.15, 0.2) is 5.96 Å². The Hall–Kier alpha value is -0.820. The highest BCUT2D eigenvalue weighted by molar-refractivity contribution is 7.89. The van der Waals surface area contributed by atoms with Crippen LogP contribution >= 0.6 is 0 Å². The van der Waals surface area contributed by atoms with Crippen LogP contribution in [0.5, 0.6) is 0 Å². The Morgan fingerprint density at radius 2 is 1.81 bits per heavy atom. The Kier molecular flexibility index (Phi) is 10.4. The molecule has 21 heavy (non-hydrogen) atoms. The van der Waals surface area contributed by atoms with E-state index >= 15 is 0 Å². The van der Waals surface area contributed by atoms with E-state index in [1.807, 2.05) is 0 Å². The Morgan fingerprint density at radius 3 is 2.29 bits per heavy atom. The zero-order valence-corrected chi connectivity index (χ0v) is 15.0. The number of aliphatic imine (C=N–C) groups is 1. The van der Waals surface area contributed by atoms with Gasteiger partial charge in [-0.1, -0.05) is 26.7 Å². The molecule has 0 saturated carbocycles. The zero-order chi connectivity index (χ0) is 16.3. The maximum Gasteiger partial charge on any atom is 0.213 e. The number of nitrogens with one attached hydrogen (secondary N) is 2. The minimum atomic E-state index is -3.07. The molecule has 0 atom stereocenters. The first-order valence-electron chi connectivity index (χ1n) is 7.79. The third-order valence-electron chi connectivity index (χ3n) is 3.72. The van der Waals surface area contributed by atoms with Crippen LogP contribution in [0.3, 0.4) is 0 Å². The Balaban J connectivity index is 3.99. The lowest BCUT2D eigenvalue weighted by molar-refractivity contribution is 0.459. The Morgan fingerprint density at radius 1 is 1.19 bits per heavy atom. The van der Waals surface area contributed by atoms with Crippen LogP contribution in [0.15, 0.2) is 4.99 Å². The van der Waals surface area contributed by atoms with Gasteiger partial charge in [-0.3, -0.25) is 4.99 Å². The van der Waals surface area contributed by atoms with Crippen molar-refractivity contribution in [3.63, 3.8) is 0 Å². The van der Waals surface area contributed by atoms with Gasteiger partial charge in [0.2, 0.25) is 10.0 Å². The summed E-state index contributed by atoms with van der Waals surface area (Å²) in [6.07, 6.45) is 3.06. The maximum atomic E-state index is 11.6. The van der Waals surface area contributed by atoms with Crippen molar-refractivity contribution in [2.24, 2.45) is 10.9 Å². The molecule has 0 aromatic rings. The van der Waals surface area contributed by atoms with E-state index in [1.165, 1.54) is 4.31 Å². The van der Waals surface area contributed by atoms with E-state index in [0.29, 0.717) is 19.0 Å². The lowest BCUT2D eigenvalue weighted by Gasteiger charge is -2.18. The molecule has 6 nitrogen and oxygen atoms in total. The van der Waals surface area contributed by atoms with Crippen molar-refractivity contribution in [2.45, 2.75) is 40.0 Å². The number of nitrogens with zero attached hydrogens (tertiary/aromatic N) is 2. The lowest BCUT2D eigenvalue weighted by atomic mass is 10.0. The van der Waals surface area contributed by atoms with E-state index in [1.54, 1.807) is 21.0 Å². The summed E-state index contributed by atoms with van der Waals surface area (Å²) in [4.78, 5) is 4.17. The third-order valence-corrected chi connectivity index (χ3v) is 5.58. The van der Waals surface area contributed by atoms with Gasteiger partial charge in [0.1, 0.15) is 0 Å². The number of hydrogen-bond donors (Lipinski definition) is 2. The molecule has 0 saturated heterocycles. The number of sulfonamides is 1. The van der Waals surface area contributed by atoms with E-state index < -0.39 is 10.0 Å². The summed E-state index contributed by atoms with van der Waals surface area (Å²) in [6, 6.07) is 0. The smallest absolute Gasteiger partial charge is 0.213 e. The molecule has 0 bridgehead atoms. The second-order valence-electron chi connectivity index (χ2n) is 5.14. The van der Waals surface area contributed by atoms with Crippen molar-refractivity contribution in [3.8, 4) is 0 Å². The fourth-order valence-corrected chi connectivity index (χ4v) is 2.76. The van der Waals surface area contributed by atoms with Crippen molar-refractivity contribution >= 4 is 16.0 Å². The maximum absolute atomic E-state index is 11.6. The van der Waals surface area contributed by atoms with Crippen LogP contribution < -0.4 is 10.6 Å². The quantitative estimate of drug-likeness (QED) is 0.361. The summed E-state index contributed by atoms with van der Waals surface area (Å²) in [7, 11) is 0.297. The summed E-state index contributed by atoms with van der Waals surface area (Å²) >= 11 is 0. The van der Waals surface area contributed by atoms with E-state index in [0.717, 1.165) is 31.8 Å². The predicted molar refractivity (Wildman–Crippen MR) is 90.1 cm³/mol. The molecule has 0 aliphatic carbocycles. The molecule has 126 valence electrons. The molecule has 0 radical (unpaired) electrons. The van der Waals surface area contributed by atoms with Gasteiger partial charge in [-0.2, -0.15) is 0 Å². The lowest BCUT2D eigenvalue weighted by Crippen LogP contribution is -2.41. The van der Waals surface area contributed by atoms with Crippen molar-refractivity contribution in [2.75, 3.05) is 39.5 Å². The Bertz CT molecular complexity index is 392. The molecule has 0 spiro atoms. The molecular formula is C14H32N4O2S. The SMILES string of the molecule is CCC(CC)CNC(=NC)NCCCN(C)S(=O)(=O)CC. The third kappa shape index (κ3) is 8.26. The minimum absolute atomic E-state index is 0.148. The first kappa shape index (κ1) is 20.2. The van der Waals surface area contributed by atoms with E-state index in [-0.39, 0.29) is 5.75 Å². The first-order chi connectivity index (χ1) is 9.91. The van der Waals surface area contributed by atoms with Gasteiger partial charge in [0, 0.05) is 33.7 Å². The normalized spacial score (nSPS) is 13.0. The molecule has 0 aromatic heterocycles. The van der Waals surface area contributed by atoms with Gasteiger partial charge in [0.05, 0.1) is 5.75 Å². The monoisotopic (exact) mass is 320 g/mol. The van der Waals surface area contributed by atoms with Crippen molar-refractivity contribution in [3.05, 3.63) is 0 Å². The molecule has 2 N–H and O–H groups in total. The molecule has 0 fully saturated rings. The number of hydrogen-bond acceptors (Lipinski definition) is 3. The second-order valence-corrected chi connectivity index (χ2v) is 7.50. The van der Waals surface area contributed by atoms with E-state index in [2.05, 4.69) is 29.5 Å². The zero-order valence-electron chi connectivity index (χ0n) is 14.1. The van der Waals surface area contributed by atoms with Crippen LogP contribution in [-0.2, 0) is 10.0 Å². The van der Waals surface area contributed by atoms with Crippen LogP contribution in [0.2, 0.25) is 0 Å². The van der Waals surface area contributed by atoms with Crippen LogP contribution in [0.1, 0.15) is 40.0 Å². The predicted octanol–water partition coefficient (Wildman–Crippen LogP) is 1.26. The van der Waals surface area contributed by atoms with Crippen LogP contribution in [-0.4, -0.2) is 58.2 Å². The van der Waals surface area contributed by atoms with E-state index in [4.69, 9.17) is 0 Å². The van der Waals surface area contributed by atoms with Gasteiger partial charge in [-0.15, -0.1) is 0 Å². The van der Waals surface area contributed by atoms with Crippen molar-refractivity contribution in [1.29, 1.82) is 0 Å². The van der Waals surface area contributed by atoms with Crippen LogP contribution in [0.25, 0.3) is 0 Å². The topological polar surface area (TPSA) is 73.8 Å². The molecule has 0 aliphatic rings. The molecule has 0 rings (SSSR count).